The number of ketones is 1. The number of hydrogen-bond acceptors (Lipinski definition) is 4. The highest BCUT2D eigenvalue weighted by molar-refractivity contribution is 6.02. The second-order valence-electron chi connectivity index (χ2n) is 8.31. The molecule has 0 aliphatic heterocycles. The lowest BCUT2D eigenvalue weighted by Crippen LogP contribution is -2.01. The Morgan fingerprint density at radius 1 is 0.758 bits per heavy atom. The molecule has 168 valence electrons. The Hall–Kier alpha value is -3.60. The third kappa shape index (κ3) is 6.45. The molecule has 5 heteroatoms. The Morgan fingerprint density at radius 2 is 1.48 bits per heavy atom. The minimum absolute atomic E-state index is 0.241. The second kappa shape index (κ2) is 11.9. The minimum atomic E-state index is 0.241. The van der Waals surface area contributed by atoms with Gasteiger partial charge in [-0.15, -0.1) is 5.10 Å². The van der Waals surface area contributed by atoms with Gasteiger partial charge in [0.05, 0.1) is 6.20 Å². The first-order chi connectivity index (χ1) is 16.3. The van der Waals surface area contributed by atoms with E-state index in [1.54, 1.807) is 12.4 Å². The second-order valence-corrected chi connectivity index (χ2v) is 8.31. The maximum absolute atomic E-state index is 12.8. The van der Waals surface area contributed by atoms with Crippen LogP contribution in [0.2, 0.25) is 0 Å². The highest BCUT2D eigenvalue weighted by Crippen LogP contribution is 2.25. The van der Waals surface area contributed by atoms with E-state index in [1.807, 2.05) is 65.5 Å². The molecule has 0 amide bonds. The number of aryl methyl sites for hydroxylation is 1. The number of nitrogens with zero attached hydrogens (tertiary/aromatic N) is 4. The normalized spacial score (nSPS) is 10.9. The Morgan fingerprint density at radius 3 is 2.30 bits per heavy atom. The van der Waals surface area contributed by atoms with Crippen LogP contribution in [0.4, 0.5) is 0 Å². The molecule has 0 saturated heterocycles. The zero-order valence-corrected chi connectivity index (χ0v) is 18.9. The predicted molar refractivity (Wildman–Crippen MR) is 132 cm³/mol. The lowest BCUT2D eigenvalue weighted by molar-refractivity contribution is 0.0979. The van der Waals surface area contributed by atoms with E-state index in [2.05, 4.69) is 27.4 Å². The van der Waals surface area contributed by atoms with Gasteiger partial charge in [-0.05, 0) is 36.1 Å². The van der Waals surface area contributed by atoms with Crippen molar-refractivity contribution in [2.24, 2.45) is 0 Å². The van der Waals surface area contributed by atoms with E-state index in [0.29, 0.717) is 6.42 Å². The van der Waals surface area contributed by atoms with E-state index in [1.165, 1.54) is 6.42 Å². The summed E-state index contributed by atoms with van der Waals surface area (Å²) in [6, 6.07) is 22.0. The number of rotatable bonds is 12. The van der Waals surface area contributed by atoms with Crippen LogP contribution in [0.5, 0.6) is 0 Å². The summed E-state index contributed by atoms with van der Waals surface area (Å²) in [4.78, 5) is 16.9. The van der Waals surface area contributed by atoms with Crippen molar-refractivity contribution < 1.29 is 4.79 Å². The van der Waals surface area contributed by atoms with Gasteiger partial charge in [0.1, 0.15) is 5.69 Å². The number of carbonyl (C=O) groups excluding carboxylic acids is 1. The molecule has 0 atom stereocenters. The van der Waals surface area contributed by atoms with Gasteiger partial charge in [-0.2, -0.15) is 0 Å². The molecule has 5 nitrogen and oxygen atoms in total. The molecule has 0 saturated carbocycles. The van der Waals surface area contributed by atoms with Crippen LogP contribution in [0, 0.1) is 0 Å². The van der Waals surface area contributed by atoms with Crippen molar-refractivity contribution >= 4 is 5.78 Å². The van der Waals surface area contributed by atoms with Gasteiger partial charge in [-0.3, -0.25) is 14.5 Å². The first-order valence-corrected chi connectivity index (χ1v) is 11.8. The number of carbonyl (C=O) groups is 1. The fourth-order valence-corrected chi connectivity index (χ4v) is 4.05. The summed E-state index contributed by atoms with van der Waals surface area (Å²) in [5.74, 6) is 0.241. The minimum Gasteiger partial charge on any atom is -0.294 e. The molecule has 0 bridgehead atoms. The maximum Gasteiger partial charge on any atom is 0.163 e. The standard InChI is InChI=1S/C28H30N4O/c33-28(26-17-10-9-16-25(26)23-13-6-5-7-14-23)18-8-3-1-2-4-11-20-32-22-27(30-31-32)24-15-12-19-29-21-24/h5-7,9-10,12-17,19,21-22H,1-4,8,11,18,20H2. The molecule has 0 unspecified atom stereocenters. The Labute approximate surface area is 195 Å². The van der Waals surface area contributed by atoms with Crippen LogP contribution in [0.1, 0.15) is 55.3 Å². The molecule has 0 fully saturated rings. The Balaban J connectivity index is 1.13. The summed E-state index contributed by atoms with van der Waals surface area (Å²) in [6.45, 7) is 0.877. The number of unbranched alkanes of at least 4 members (excludes halogenated alkanes) is 5. The van der Waals surface area contributed by atoms with Crippen LogP contribution in [0.25, 0.3) is 22.4 Å². The van der Waals surface area contributed by atoms with Gasteiger partial charge in [-0.1, -0.05) is 85.5 Å². The summed E-state index contributed by atoms with van der Waals surface area (Å²) in [7, 11) is 0. The third-order valence-electron chi connectivity index (χ3n) is 5.85. The van der Waals surface area contributed by atoms with Crippen LogP contribution >= 0.6 is 0 Å². The van der Waals surface area contributed by atoms with Gasteiger partial charge in [0, 0.05) is 36.5 Å². The topological polar surface area (TPSA) is 60.7 Å². The predicted octanol–water partition coefficient (Wildman–Crippen LogP) is 6.62. The van der Waals surface area contributed by atoms with Crippen molar-refractivity contribution in [3.05, 3.63) is 90.9 Å². The Bertz CT molecular complexity index is 1140. The molecule has 0 spiro atoms. The van der Waals surface area contributed by atoms with Gasteiger partial charge in [0.25, 0.3) is 0 Å². The Kier molecular flexibility index (Phi) is 8.12. The average molecular weight is 439 g/mol. The molecule has 2 aromatic carbocycles. The van der Waals surface area contributed by atoms with Gasteiger partial charge in [0.2, 0.25) is 0 Å². The summed E-state index contributed by atoms with van der Waals surface area (Å²) in [5.41, 5.74) is 4.82. The van der Waals surface area contributed by atoms with Crippen molar-refractivity contribution in [2.75, 3.05) is 0 Å². The van der Waals surface area contributed by atoms with Crippen LogP contribution in [0.3, 0.4) is 0 Å². The van der Waals surface area contributed by atoms with E-state index in [4.69, 9.17) is 0 Å². The first-order valence-electron chi connectivity index (χ1n) is 11.8. The number of aromatic nitrogens is 4. The molecule has 0 aliphatic rings. The highest BCUT2D eigenvalue weighted by atomic mass is 16.1. The fraction of sp³-hybridized carbons (Fsp3) is 0.286. The smallest absolute Gasteiger partial charge is 0.163 e. The zero-order chi connectivity index (χ0) is 22.7. The van der Waals surface area contributed by atoms with Crippen molar-refractivity contribution in [1.29, 1.82) is 0 Å². The third-order valence-corrected chi connectivity index (χ3v) is 5.85. The van der Waals surface area contributed by atoms with Crippen molar-refractivity contribution in [2.45, 2.75) is 51.5 Å². The largest absolute Gasteiger partial charge is 0.294 e. The molecular weight excluding hydrogens is 408 g/mol. The maximum atomic E-state index is 12.8. The van der Waals surface area contributed by atoms with Crippen LogP contribution in [-0.2, 0) is 6.54 Å². The lowest BCUT2D eigenvalue weighted by Gasteiger charge is -2.09. The molecule has 33 heavy (non-hydrogen) atoms. The number of benzene rings is 2. The SMILES string of the molecule is O=C(CCCCCCCCn1cc(-c2cccnc2)nn1)c1ccccc1-c1ccccc1. The number of hydrogen-bond donors (Lipinski definition) is 0. The number of Topliss-reactive ketones (excluding diaryl/α,β-unsaturated/α-hetero) is 1. The molecule has 4 aromatic rings. The zero-order valence-electron chi connectivity index (χ0n) is 18.9. The number of pyridine rings is 1. The van der Waals surface area contributed by atoms with Gasteiger partial charge < -0.3 is 0 Å². The van der Waals surface area contributed by atoms with Crippen LogP contribution in [-0.4, -0.2) is 25.8 Å². The van der Waals surface area contributed by atoms with E-state index in [0.717, 1.165) is 66.6 Å². The highest BCUT2D eigenvalue weighted by Gasteiger charge is 2.11. The van der Waals surface area contributed by atoms with Crippen LogP contribution < -0.4 is 0 Å². The lowest BCUT2D eigenvalue weighted by atomic mass is 9.94. The molecular formula is C28H30N4O. The fourth-order valence-electron chi connectivity index (χ4n) is 4.05. The molecule has 4 rings (SSSR count). The van der Waals surface area contributed by atoms with E-state index >= 15 is 0 Å². The van der Waals surface area contributed by atoms with Crippen molar-refractivity contribution in [3.8, 4) is 22.4 Å². The van der Waals surface area contributed by atoms with Crippen molar-refractivity contribution in [1.82, 2.24) is 20.0 Å². The van der Waals surface area contributed by atoms with E-state index < -0.39 is 0 Å². The molecule has 0 aliphatic carbocycles. The van der Waals surface area contributed by atoms with E-state index in [-0.39, 0.29) is 5.78 Å². The summed E-state index contributed by atoms with van der Waals surface area (Å²) < 4.78 is 1.91. The van der Waals surface area contributed by atoms with Gasteiger partial charge in [0.15, 0.2) is 5.78 Å². The van der Waals surface area contributed by atoms with Gasteiger partial charge in [-0.25, -0.2) is 0 Å². The molecule has 0 N–H and O–H groups in total. The molecule has 2 heterocycles. The van der Waals surface area contributed by atoms with E-state index in [9.17, 15) is 4.79 Å². The van der Waals surface area contributed by atoms with Gasteiger partial charge >= 0.3 is 0 Å². The monoisotopic (exact) mass is 438 g/mol. The summed E-state index contributed by atoms with van der Waals surface area (Å²) in [5, 5.41) is 8.45. The quantitative estimate of drug-likeness (QED) is 0.184. The summed E-state index contributed by atoms with van der Waals surface area (Å²) >= 11 is 0. The molecule has 0 radical (unpaired) electrons. The van der Waals surface area contributed by atoms with Crippen LogP contribution in [0.15, 0.2) is 85.3 Å². The summed E-state index contributed by atoms with van der Waals surface area (Å²) in [6.07, 6.45) is 12.8. The average Bonchev–Trinajstić information content (AvgIpc) is 3.35. The first kappa shape index (κ1) is 22.6. The molecule has 2 aromatic heterocycles. The van der Waals surface area contributed by atoms with Crippen molar-refractivity contribution in [3.63, 3.8) is 0 Å².